The zero-order valence-electron chi connectivity index (χ0n) is 11.5. The van der Waals surface area contributed by atoms with E-state index in [1.807, 2.05) is 0 Å². The molecule has 0 aromatic heterocycles. The van der Waals surface area contributed by atoms with Crippen LogP contribution in [0.3, 0.4) is 0 Å². The predicted octanol–water partition coefficient (Wildman–Crippen LogP) is 3.30. The van der Waals surface area contributed by atoms with Crippen LogP contribution in [-0.4, -0.2) is 17.5 Å². The van der Waals surface area contributed by atoms with Gasteiger partial charge in [-0.2, -0.15) is 0 Å². The van der Waals surface area contributed by atoms with Gasteiger partial charge in [0.2, 0.25) is 0 Å². The minimum atomic E-state index is -0.678. The van der Waals surface area contributed by atoms with E-state index >= 15 is 0 Å². The number of benzene rings is 1. The summed E-state index contributed by atoms with van der Waals surface area (Å²) in [5.41, 5.74) is -0.219. The molecular weight excluding hydrogens is 249 g/mol. The van der Waals surface area contributed by atoms with Crippen molar-refractivity contribution in [3.63, 3.8) is 0 Å². The fraction of sp³-hybridized carbons (Fsp3) is 0.429. The maximum absolute atomic E-state index is 13.7. The number of anilines is 1. The highest BCUT2D eigenvalue weighted by Gasteiger charge is 2.18. The van der Waals surface area contributed by atoms with Crippen molar-refractivity contribution in [1.29, 1.82) is 0 Å². The third-order valence-corrected chi connectivity index (χ3v) is 2.18. The van der Waals surface area contributed by atoms with Gasteiger partial charge < -0.3 is 4.74 Å². The summed E-state index contributed by atoms with van der Waals surface area (Å²) in [4.78, 5) is 22.8. The molecule has 0 aliphatic heterocycles. The van der Waals surface area contributed by atoms with Crippen LogP contribution in [0.2, 0.25) is 0 Å². The second kappa shape index (κ2) is 5.82. The van der Waals surface area contributed by atoms with Crippen molar-refractivity contribution in [1.82, 2.24) is 0 Å². The second-order valence-electron chi connectivity index (χ2n) is 5.27. The Labute approximate surface area is 112 Å². The van der Waals surface area contributed by atoms with Crippen molar-refractivity contribution in [2.75, 3.05) is 5.32 Å². The van der Waals surface area contributed by atoms with E-state index in [-0.39, 0.29) is 23.5 Å². The molecular formula is C14H18FNO3. The average Bonchev–Trinajstić information content (AvgIpc) is 2.19. The Balaban J connectivity index is 2.92. The van der Waals surface area contributed by atoms with E-state index < -0.39 is 17.5 Å². The van der Waals surface area contributed by atoms with Crippen molar-refractivity contribution >= 4 is 17.6 Å². The zero-order chi connectivity index (χ0) is 14.6. The fourth-order valence-corrected chi connectivity index (χ4v) is 1.52. The van der Waals surface area contributed by atoms with Gasteiger partial charge in [-0.1, -0.05) is 6.07 Å². The predicted molar refractivity (Wildman–Crippen MR) is 70.6 cm³/mol. The van der Waals surface area contributed by atoms with Crippen LogP contribution in [0.25, 0.3) is 0 Å². The standard InChI is InChI=1S/C14H18FNO3/c1-9(17)8-10-11(15)6-5-7-12(10)16-13(18)19-14(2,3)4/h5-7H,8H2,1-4H3,(H,16,18). The monoisotopic (exact) mass is 267 g/mol. The number of amides is 1. The van der Waals surface area contributed by atoms with Gasteiger partial charge in [-0.05, 0) is 39.8 Å². The topological polar surface area (TPSA) is 55.4 Å². The van der Waals surface area contributed by atoms with Gasteiger partial charge in [0.25, 0.3) is 0 Å². The lowest BCUT2D eigenvalue weighted by atomic mass is 10.1. The summed E-state index contributed by atoms with van der Waals surface area (Å²) in [6.45, 7) is 6.56. The summed E-state index contributed by atoms with van der Waals surface area (Å²) < 4.78 is 18.7. The lowest BCUT2D eigenvalue weighted by Crippen LogP contribution is -2.27. The van der Waals surface area contributed by atoms with Gasteiger partial charge in [0.1, 0.15) is 17.2 Å². The highest BCUT2D eigenvalue weighted by Crippen LogP contribution is 2.21. The first-order chi connectivity index (χ1) is 8.69. The van der Waals surface area contributed by atoms with Crippen LogP contribution in [0.5, 0.6) is 0 Å². The van der Waals surface area contributed by atoms with Crippen molar-refractivity contribution < 1.29 is 18.7 Å². The molecule has 19 heavy (non-hydrogen) atoms. The zero-order valence-corrected chi connectivity index (χ0v) is 11.5. The summed E-state index contributed by atoms with van der Waals surface area (Å²) in [5.74, 6) is -0.707. The van der Waals surface area contributed by atoms with Crippen LogP contribution >= 0.6 is 0 Å². The first-order valence-corrected chi connectivity index (χ1v) is 5.96. The molecule has 0 saturated carbocycles. The largest absolute Gasteiger partial charge is 0.444 e. The molecule has 1 amide bonds. The highest BCUT2D eigenvalue weighted by atomic mass is 19.1. The van der Waals surface area contributed by atoms with E-state index in [2.05, 4.69) is 5.32 Å². The summed E-state index contributed by atoms with van der Waals surface area (Å²) in [6, 6.07) is 4.25. The summed E-state index contributed by atoms with van der Waals surface area (Å²) in [7, 11) is 0. The van der Waals surface area contributed by atoms with E-state index in [0.717, 1.165) is 0 Å². The third kappa shape index (κ3) is 5.07. The quantitative estimate of drug-likeness (QED) is 0.914. The molecule has 0 saturated heterocycles. The molecule has 1 N–H and O–H groups in total. The van der Waals surface area contributed by atoms with Gasteiger partial charge in [-0.15, -0.1) is 0 Å². The second-order valence-corrected chi connectivity index (χ2v) is 5.27. The summed E-state index contributed by atoms with van der Waals surface area (Å²) in [6.07, 6.45) is -0.749. The third-order valence-electron chi connectivity index (χ3n) is 2.18. The normalized spacial score (nSPS) is 11.0. The first-order valence-electron chi connectivity index (χ1n) is 5.96. The Bertz CT molecular complexity index is 492. The van der Waals surface area contributed by atoms with Crippen LogP contribution in [0.15, 0.2) is 18.2 Å². The van der Waals surface area contributed by atoms with Gasteiger partial charge in [-0.25, -0.2) is 9.18 Å². The van der Waals surface area contributed by atoms with E-state index in [1.165, 1.54) is 25.1 Å². The summed E-state index contributed by atoms with van der Waals surface area (Å²) in [5, 5.41) is 2.46. The molecule has 0 unspecified atom stereocenters. The number of hydrogen-bond acceptors (Lipinski definition) is 3. The van der Waals surface area contributed by atoms with Gasteiger partial charge in [-0.3, -0.25) is 10.1 Å². The molecule has 104 valence electrons. The van der Waals surface area contributed by atoms with Gasteiger partial charge in [0.05, 0.1) is 5.69 Å². The molecule has 5 heteroatoms. The van der Waals surface area contributed by atoms with E-state index in [9.17, 15) is 14.0 Å². The van der Waals surface area contributed by atoms with Crippen LogP contribution in [0.4, 0.5) is 14.9 Å². The van der Waals surface area contributed by atoms with E-state index in [0.29, 0.717) is 0 Å². The Kier molecular flexibility index (Phi) is 4.64. The SMILES string of the molecule is CC(=O)Cc1c(F)cccc1NC(=O)OC(C)(C)C. The molecule has 0 atom stereocenters. The Hall–Kier alpha value is -1.91. The minimum Gasteiger partial charge on any atom is -0.444 e. The lowest BCUT2D eigenvalue weighted by Gasteiger charge is -2.20. The molecule has 1 rings (SSSR count). The van der Waals surface area contributed by atoms with Gasteiger partial charge in [0.15, 0.2) is 0 Å². The number of carbonyl (C=O) groups is 2. The number of carbonyl (C=O) groups excluding carboxylic acids is 2. The number of Topliss-reactive ketones (excluding diaryl/α,β-unsaturated/α-hetero) is 1. The molecule has 0 radical (unpaired) electrons. The highest BCUT2D eigenvalue weighted by molar-refractivity contribution is 5.88. The van der Waals surface area contributed by atoms with Crippen molar-refractivity contribution in [3.05, 3.63) is 29.6 Å². The molecule has 0 bridgehead atoms. The molecule has 0 fully saturated rings. The molecule has 1 aromatic rings. The molecule has 4 nitrogen and oxygen atoms in total. The van der Waals surface area contributed by atoms with Gasteiger partial charge >= 0.3 is 6.09 Å². The van der Waals surface area contributed by atoms with E-state index in [1.54, 1.807) is 20.8 Å². The number of nitrogens with one attached hydrogen (secondary N) is 1. The Morgan fingerprint density at radius 2 is 1.95 bits per heavy atom. The van der Waals surface area contributed by atoms with Crippen molar-refractivity contribution in [2.24, 2.45) is 0 Å². The Morgan fingerprint density at radius 1 is 1.32 bits per heavy atom. The van der Waals surface area contributed by atoms with Gasteiger partial charge in [0, 0.05) is 12.0 Å². The maximum atomic E-state index is 13.7. The Morgan fingerprint density at radius 3 is 2.47 bits per heavy atom. The first kappa shape index (κ1) is 15.1. The number of halogens is 1. The number of rotatable bonds is 3. The van der Waals surface area contributed by atoms with Crippen LogP contribution in [0.1, 0.15) is 33.3 Å². The van der Waals surface area contributed by atoms with Crippen LogP contribution in [0, 0.1) is 5.82 Å². The fourth-order valence-electron chi connectivity index (χ4n) is 1.52. The number of ether oxygens (including phenoxy) is 1. The van der Waals surface area contributed by atoms with Crippen LogP contribution in [-0.2, 0) is 16.0 Å². The van der Waals surface area contributed by atoms with Crippen LogP contribution < -0.4 is 5.32 Å². The number of ketones is 1. The smallest absolute Gasteiger partial charge is 0.412 e. The van der Waals surface area contributed by atoms with Crippen molar-refractivity contribution in [2.45, 2.75) is 39.7 Å². The molecule has 0 spiro atoms. The number of hydrogen-bond donors (Lipinski definition) is 1. The van der Waals surface area contributed by atoms with E-state index in [4.69, 9.17) is 4.74 Å². The molecule has 0 heterocycles. The lowest BCUT2D eigenvalue weighted by molar-refractivity contribution is -0.116. The maximum Gasteiger partial charge on any atom is 0.412 e. The summed E-state index contributed by atoms with van der Waals surface area (Å²) >= 11 is 0. The molecule has 0 aliphatic rings. The average molecular weight is 267 g/mol. The molecule has 1 aromatic carbocycles. The minimum absolute atomic E-state index is 0.0716. The molecule has 0 aliphatic carbocycles. The van der Waals surface area contributed by atoms with Crippen molar-refractivity contribution in [3.8, 4) is 0 Å².